The molecule has 0 aliphatic heterocycles. The highest BCUT2D eigenvalue weighted by atomic mass is 16.5. The Morgan fingerprint density at radius 3 is 2.46 bits per heavy atom. The smallest absolute Gasteiger partial charge is 0.336 e. The third kappa shape index (κ3) is 6.43. The fourth-order valence-corrected chi connectivity index (χ4v) is 3.47. The number of hydrogen-bond acceptors (Lipinski definition) is 5. The van der Waals surface area contributed by atoms with E-state index in [2.05, 4.69) is 15.4 Å². The normalized spacial score (nSPS) is 11.0. The number of hydrogen-bond donors (Lipinski definition) is 1. The molecule has 1 N–H and O–H groups in total. The third-order valence-electron chi connectivity index (χ3n) is 5.24. The first-order valence-electron chi connectivity index (χ1n) is 11.5. The minimum atomic E-state index is -0.201. The van der Waals surface area contributed by atoms with E-state index in [1.54, 1.807) is 10.8 Å². The molecule has 0 aliphatic carbocycles. The molecule has 0 aliphatic rings. The van der Waals surface area contributed by atoms with Gasteiger partial charge in [0.2, 0.25) is 5.91 Å². The molecule has 0 atom stereocenters. The maximum Gasteiger partial charge on any atom is 0.336 e. The van der Waals surface area contributed by atoms with Crippen LogP contribution in [0.3, 0.4) is 0 Å². The predicted molar refractivity (Wildman–Crippen MR) is 138 cm³/mol. The summed E-state index contributed by atoms with van der Waals surface area (Å²) in [5.74, 6) is 0.477. The standard InChI is InChI=1S/C28H28N4O3/c1-3-34-19-20-35-28-30-27(25-12-8-7-9-21(25)2)32(31-28)24-16-14-23(15-17-24)29-26(33)18-13-22-10-5-4-6-11-22/h4-18H,3,19-20H2,1-2H3,(H,29,33)/b18-13+. The lowest BCUT2D eigenvalue weighted by Crippen LogP contribution is -2.08. The van der Waals surface area contributed by atoms with Gasteiger partial charge >= 0.3 is 6.01 Å². The van der Waals surface area contributed by atoms with E-state index in [0.29, 0.717) is 31.3 Å². The first kappa shape index (κ1) is 23.9. The second kappa shape index (κ2) is 11.8. The largest absolute Gasteiger partial charge is 0.460 e. The van der Waals surface area contributed by atoms with Crippen LogP contribution in [0.4, 0.5) is 5.69 Å². The summed E-state index contributed by atoms with van der Waals surface area (Å²) in [5.41, 5.74) is 4.49. The van der Waals surface area contributed by atoms with Crippen molar-refractivity contribution in [2.75, 3.05) is 25.1 Å². The maximum absolute atomic E-state index is 12.3. The Hall–Kier alpha value is -4.23. The van der Waals surface area contributed by atoms with Crippen molar-refractivity contribution in [3.05, 3.63) is 96.1 Å². The van der Waals surface area contributed by atoms with Crippen LogP contribution < -0.4 is 10.1 Å². The van der Waals surface area contributed by atoms with Crippen molar-refractivity contribution in [1.29, 1.82) is 0 Å². The monoisotopic (exact) mass is 468 g/mol. The number of rotatable bonds is 10. The van der Waals surface area contributed by atoms with Crippen LogP contribution in [0.5, 0.6) is 6.01 Å². The average molecular weight is 469 g/mol. The molecule has 0 fully saturated rings. The molecule has 7 heteroatoms. The summed E-state index contributed by atoms with van der Waals surface area (Å²) in [6.45, 7) is 5.44. The zero-order chi connectivity index (χ0) is 24.5. The summed E-state index contributed by atoms with van der Waals surface area (Å²) in [5, 5.41) is 7.46. The number of amides is 1. The second-order valence-electron chi connectivity index (χ2n) is 7.77. The number of ether oxygens (including phenoxy) is 2. The summed E-state index contributed by atoms with van der Waals surface area (Å²) in [7, 11) is 0. The van der Waals surface area contributed by atoms with Crippen LogP contribution in [0, 0.1) is 6.92 Å². The molecule has 0 unspecified atom stereocenters. The number of carbonyl (C=O) groups is 1. The van der Waals surface area contributed by atoms with Gasteiger partial charge in [-0.25, -0.2) is 4.68 Å². The van der Waals surface area contributed by atoms with Crippen molar-refractivity contribution >= 4 is 17.7 Å². The van der Waals surface area contributed by atoms with Gasteiger partial charge in [-0.05, 0) is 55.3 Å². The highest BCUT2D eigenvalue weighted by Crippen LogP contribution is 2.26. The Morgan fingerprint density at radius 1 is 0.971 bits per heavy atom. The van der Waals surface area contributed by atoms with Gasteiger partial charge in [0.15, 0.2) is 5.82 Å². The van der Waals surface area contributed by atoms with Gasteiger partial charge in [-0.2, -0.15) is 4.98 Å². The van der Waals surface area contributed by atoms with Crippen LogP contribution in [0.1, 0.15) is 18.1 Å². The molecule has 4 aromatic rings. The van der Waals surface area contributed by atoms with Gasteiger partial charge in [-0.3, -0.25) is 4.79 Å². The summed E-state index contributed by atoms with van der Waals surface area (Å²) in [6, 6.07) is 25.4. The van der Waals surface area contributed by atoms with Gasteiger partial charge in [-0.1, -0.05) is 54.6 Å². The number of benzene rings is 3. The number of nitrogens with zero attached hydrogens (tertiary/aromatic N) is 3. The van der Waals surface area contributed by atoms with E-state index in [9.17, 15) is 4.79 Å². The van der Waals surface area contributed by atoms with Crippen LogP contribution in [0.15, 0.2) is 84.9 Å². The van der Waals surface area contributed by atoms with Gasteiger partial charge < -0.3 is 14.8 Å². The molecule has 7 nitrogen and oxygen atoms in total. The van der Waals surface area contributed by atoms with Crippen molar-refractivity contribution in [1.82, 2.24) is 14.8 Å². The minimum absolute atomic E-state index is 0.201. The van der Waals surface area contributed by atoms with Gasteiger partial charge in [0.05, 0.1) is 12.3 Å². The molecule has 35 heavy (non-hydrogen) atoms. The first-order chi connectivity index (χ1) is 17.1. The lowest BCUT2D eigenvalue weighted by Gasteiger charge is -2.09. The molecule has 0 saturated heterocycles. The second-order valence-corrected chi connectivity index (χ2v) is 7.77. The molecule has 0 radical (unpaired) electrons. The number of carbonyl (C=O) groups excluding carboxylic acids is 1. The zero-order valence-electron chi connectivity index (χ0n) is 19.8. The Balaban J connectivity index is 1.53. The van der Waals surface area contributed by atoms with Crippen LogP contribution in [0.2, 0.25) is 0 Å². The summed E-state index contributed by atoms with van der Waals surface area (Å²) in [4.78, 5) is 16.9. The lowest BCUT2D eigenvalue weighted by molar-refractivity contribution is -0.111. The third-order valence-corrected chi connectivity index (χ3v) is 5.24. The lowest BCUT2D eigenvalue weighted by atomic mass is 10.1. The molecule has 1 amide bonds. The van der Waals surface area contributed by atoms with Crippen molar-refractivity contribution in [3.63, 3.8) is 0 Å². The molecule has 1 aromatic heterocycles. The van der Waals surface area contributed by atoms with E-state index in [1.807, 2.05) is 92.7 Å². The Labute approximate surface area is 205 Å². The molecule has 3 aromatic carbocycles. The number of anilines is 1. The number of nitrogens with one attached hydrogen (secondary N) is 1. The van der Waals surface area contributed by atoms with Gasteiger partial charge in [0.25, 0.3) is 0 Å². The van der Waals surface area contributed by atoms with Crippen LogP contribution >= 0.6 is 0 Å². The molecule has 0 saturated carbocycles. The predicted octanol–water partition coefficient (Wildman–Crippen LogP) is 5.31. The fourth-order valence-electron chi connectivity index (χ4n) is 3.47. The van der Waals surface area contributed by atoms with Gasteiger partial charge in [0, 0.05) is 23.9 Å². The van der Waals surface area contributed by atoms with Crippen LogP contribution in [-0.4, -0.2) is 40.5 Å². The van der Waals surface area contributed by atoms with Crippen molar-refractivity contribution in [2.45, 2.75) is 13.8 Å². The maximum atomic E-state index is 12.3. The van der Waals surface area contributed by atoms with E-state index >= 15 is 0 Å². The summed E-state index contributed by atoms with van der Waals surface area (Å²) >= 11 is 0. The quantitative estimate of drug-likeness (QED) is 0.252. The van der Waals surface area contributed by atoms with Crippen LogP contribution in [-0.2, 0) is 9.53 Å². The Kier molecular flexibility index (Phi) is 8.04. The van der Waals surface area contributed by atoms with Crippen molar-refractivity contribution < 1.29 is 14.3 Å². The van der Waals surface area contributed by atoms with Crippen LogP contribution in [0.25, 0.3) is 23.2 Å². The number of aryl methyl sites for hydroxylation is 1. The first-order valence-corrected chi connectivity index (χ1v) is 11.5. The van der Waals surface area contributed by atoms with E-state index < -0.39 is 0 Å². The Morgan fingerprint density at radius 2 is 1.71 bits per heavy atom. The summed E-state index contributed by atoms with van der Waals surface area (Å²) < 4.78 is 12.8. The fraction of sp³-hybridized carbons (Fsp3) is 0.179. The van der Waals surface area contributed by atoms with E-state index in [1.165, 1.54) is 6.08 Å². The zero-order valence-corrected chi connectivity index (χ0v) is 19.8. The topological polar surface area (TPSA) is 78.3 Å². The van der Waals surface area contributed by atoms with E-state index in [0.717, 1.165) is 22.4 Å². The molecule has 178 valence electrons. The van der Waals surface area contributed by atoms with E-state index in [-0.39, 0.29) is 11.9 Å². The molecule has 4 rings (SSSR count). The molecule has 0 spiro atoms. The molecular weight excluding hydrogens is 440 g/mol. The minimum Gasteiger partial charge on any atom is -0.460 e. The van der Waals surface area contributed by atoms with Gasteiger partial charge in [0.1, 0.15) is 6.61 Å². The summed E-state index contributed by atoms with van der Waals surface area (Å²) in [6.07, 6.45) is 3.30. The Bertz CT molecular complexity index is 1280. The highest BCUT2D eigenvalue weighted by Gasteiger charge is 2.16. The number of aromatic nitrogens is 3. The van der Waals surface area contributed by atoms with Crippen molar-refractivity contribution in [3.8, 4) is 23.1 Å². The van der Waals surface area contributed by atoms with Crippen molar-refractivity contribution in [2.24, 2.45) is 0 Å². The molecule has 1 heterocycles. The average Bonchev–Trinajstić information content (AvgIpc) is 3.31. The van der Waals surface area contributed by atoms with Gasteiger partial charge in [-0.15, -0.1) is 5.10 Å². The SMILES string of the molecule is CCOCCOc1nc(-c2ccccc2C)n(-c2ccc(NC(=O)/C=C/c3ccccc3)cc2)n1. The molecular formula is C28H28N4O3. The highest BCUT2D eigenvalue weighted by molar-refractivity contribution is 6.01. The van der Waals surface area contributed by atoms with E-state index in [4.69, 9.17) is 9.47 Å². The molecule has 0 bridgehead atoms.